The van der Waals surface area contributed by atoms with Crippen LogP contribution in [-0.2, 0) is 20.7 Å². The molecule has 152 valence electrons. The minimum absolute atomic E-state index is 0.0159. The zero-order valence-electron chi connectivity index (χ0n) is 17.1. The van der Waals surface area contributed by atoms with Gasteiger partial charge >= 0.3 is 0 Å². The van der Waals surface area contributed by atoms with Crippen LogP contribution >= 0.6 is 0 Å². The molecule has 2 N–H and O–H groups in total. The Morgan fingerprint density at radius 2 is 1.90 bits per heavy atom. The van der Waals surface area contributed by atoms with Crippen molar-refractivity contribution in [3.63, 3.8) is 0 Å². The van der Waals surface area contributed by atoms with Crippen molar-refractivity contribution in [1.82, 2.24) is 9.88 Å². The highest BCUT2D eigenvalue weighted by Crippen LogP contribution is 2.20. The Kier molecular flexibility index (Phi) is 6.67. The number of benzene rings is 2. The highest BCUT2D eigenvalue weighted by Gasteiger charge is 2.19. The Morgan fingerprint density at radius 1 is 1.10 bits per heavy atom. The Bertz CT molecular complexity index is 1010. The molecule has 0 saturated heterocycles. The number of amides is 2. The Morgan fingerprint density at radius 3 is 2.69 bits per heavy atom. The maximum Gasteiger partial charge on any atom is 0.244 e. The number of ether oxygens (including phenoxy) is 1. The number of H-pyrrole nitrogens is 1. The second-order valence-electron chi connectivity index (χ2n) is 7.14. The summed E-state index contributed by atoms with van der Waals surface area (Å²) in [5, 5.41) is 3.94. The van der Waals surface area contributed by atoms with Gasteiger partial charge in [-0.1, -0.05) is 30.3 Å². The standard InChI is InChI=1S/C23H27N3O3/c1-16-7-6-10-20(17(16)2)25-22(27)15-26(11-12-29-3)23(28)13-18-14-24-21-9-5-4-8-19(18)21/h4-10,14,24H,11-13,15H2,1-3H3,(H,25,27). The van der Waals surface area contributed by atoms with E-state index in [4.69, 9.17) is 4.74 Å². The number of aromatic amines is 1. The molecule has 0 saturated carbocycles. The second kappa shape index (κ2) is 9.39. The lowest BCUT2D eigenvalue weighted by atomic mass is 10.1. The number of para-hydroxylation sites is 1. The summed E-state index contributed by atoms with van der Waals surface area (Å²) < 4.78 is 5.13. The van der Waals surface area contributed by atoms with Crippen LogP contribution in [0.25, 0.3) is 10.9 Å². The number of carbonyl (C=O) groups is 2. The highest BCUT2D eigenvalue weighted by molar-refractivity contribution is 5.96. The van der Waals surface area contributed by atoms with Crippen molar-refractivity contribution in [2.75, 3.05) is 32.1 Å². The van der Waals surface area contributed by atoms with Crippen molar-refractivity contribution >= 4 is 28.4 Å². The van der Waals surface area contributed by atoms with Gasteiger partial charge in [-0.3, -0.25) is 9.59 Å². The van der Waals surface area contributed by atoms with Crippen LogP contribution in [0.3, 0.4) is 0 Å². The number of carbonyl (C=O) groups excluding carboxylic acids is 2. The number of nitrogens with zero attached hydrogens (tertiary/aromatic N) is 1. The fourth-order valence-corrected chi connectivity index (χ4v) is 3.30. The lowest BCUT2D eigenvalue weighted by Gasteiger charge is -2.22. The molecule has 0 unspecified atom stereocenters. The van der Waals surface area contributed by atoms with Gasteiger partial charge in [-0.2, -0.15) is 0 Å². The predicted octanol–water partition coefficient (Wildman–Crippen LogP) is 3.44. The Balaban J connectivity index is 1.70. The first-order valence-electron chi connectivity index (χ1n) is 9.67. The van der Waals surface area contributed by atoms with E-state index in [0.717, 1.165) is 33.3 Å². The van der Waals surface area contributed by atoms with Crippen molar-refractivity contribution in [3.8, 4) is 0 Å². The van der Waals surface area contributed by atoms with Crippen molar-refractivity contribution < 1.29 is 14.3 Å². The van der Waals surface area contributed by atoms with Gasteiger partial charge < -0.3 is 19.9 Å². The molecule has 0 aliphatic carbocycles. The quantitative estimate of drug-likeness (QED) is 0.616. The molecule has 3 aromatic rings. The van der Waals surface area contributed by atoms with Crippen LogP contribution < -0.4 is 5.32 Å². The number of rotatable bonds is 8. The maximum atomic E-state index is 12.9. The van der Waals surface area contributed by atoms with Gasteiger partial charge in [0.25, 0.3) is 0 Å². The van der Waals surface area contributed by atoms with E-state index in [1.807, 2.05) is 62.5 Å². The number of hydrogen-bond acceptors (Lipinski definition) is 3. The average Bonchev–Trinajstić information content (AvgIpc) is 3.11. The highest BCUT2D eigenvalue weighted by atomic mass is 16.5. The summed E-state index contributed by atoms with van der Waals surface area (Å²) in [5.74, 6) is -0.329. The first kappa shape index (κ1) is 20.6. The average molecular weight is 393 g/mol. The molecule has 6 nitrogen and oxygen atoms in total. The fraction of sp³-hybridized carbons (Fsp3) is 0.304. The van der Waals surface area contributed by atoms with E-state index in [-0.39, 0.29) is 24.8 Å². The molecule has 0 radical (unpaired) electrons. The van der Waals surface area contributed by atoms with Crippen LogP contribution in [0.5, 0.6) is 0 Å². The summed E-state index contributed by atoms with van der Waals surface area (Å²) in [4.78, 5) is 30.3. The van der Waals surface area contributed by atoms with Crippen LogP contribution in [0.4, 0.5) is 5.69 Å². The third kappa shape index (κ3) is 5.03. The summed E-state index contributed by atoms with van der Waals surface area (Å²) in [6.45, 7) is 4.68. The monoisotopic (exact) mass is 393 g/mol. The van der Waals surface area contributed by atoms with E-state index in [0.29, 0.717) is 13.2 Å². The van der Waals surface area contributed by atoms with Gasteiger partial charge in [0.1, 0.15) is 0 Å². The summed E-state index contributed by atoms with van der Waals surface area (Å²) >= 11 is 0. The number of aryl methyl sites for hydroxylation is 1. The van der Waals surface area contributed by atoms with Crippen molar-refractivity contribution in [1.29, 1.82) is 0 Å². The predicted molar refractivity (Wildman–Crippen MR) is 115 cm³/mol. The molecular formula is C23H27N3O3. The summed E-state index contributed by atoms with van der Waals surface area (Å²) in [6.07, 6.45) is 2.08. The van der Waals surface area contributed by atoms with Crippen LogP contribution in [0, 0.1) is 13.8 Å². The van der Waals surface area contributed by atoms with Gasteiger partial charge in [0.05, 0.1) is 19.6 Å². The van der Waals surface area contributed by atoms with Gasteiger partial charge in [0, 0.05) is 36.4 Å². The number of anilines is 1. The number of fused-ring (bicyclic) bond motifs is 1. The van der Waals surface area contributed by atoms with E-state index in [1.54, 1.807) is 12.0 Å². The van der Waals surface area contributed by atoms with Crippen LogP contribution in [0.15, 0.2) is 48.7 Å². The molecule has 29 heavy (non-hydrogen) atoms. The first-order chi connectivity index (χ1) is 14.0. The number of aromatic nitrogens is 1. The summed E-state index contributed by atoms with van der Waals surface area (Å²) in [6, 6.07) is 13.6. The van der Waals surface area contributed by atoms with E-state index in [2.05, 4.69) is 10.3 Å². The minimum Gasteiger partial charge on any atom is -0.383 e. The van der Waals surface area contributed by atoms with Crippen molar-refractivity contribution in [3.05, 3.63) is 65.4 Å². The molecule has 1 aromatic heterocycles. The summed E-state index contributed by atoms with van der Waals surface area (Å²) in [5.41, 5.74) is 4.81. The van der Waals surface area contributed by atoms with Gasteiger partial charge in [-0.15, -0.1) is 0 Å². The van der Waals surface area contributed by atoms with Gasteiger partial charge in [0.2, 0.25) is 11.8 Å². The van der Waals surface area contributed by atoms with Crippen LogP contribution in [-0.4, -0.2) is 48.5 Å². The van der Waals surface area contributed by atoms with Crippen LogP contribution in [0.1, 0.15) is 16.7 Å². The third-order valence-electron chi connectivity index (χ3n) is 5.15. The van der Waals surface area contributed by atoms with E-state index >= 15 is 0 Å². The number of nitrogens with one attached hydrogen (secondary N) is 2. The molecule has 0 aliphatic rings. The molecular weight excluding hydrogens is 366 g/mol. The smallest absolute Gasteiger partial charge is 0.244 e. The van der Waals surface area contributed by atoms with Crippen LogP contribution in [0.2, 0.25) is 0 Å². The van der Waals surface area contributed by atoms with Gasteiger partial charge in [0.15, 0.2) is 0 Å². The third-order valence-corrected chi connectivity index (χ3v) is 5.15. The van der Waals surface area contributed by atoms with Crippen molar-refractivity contribution in [2.45, 2.75) is 20.3 Å². The fourth-order valence-electron chi connectivity index (χ4n) is 3.30. The molecule has 3 rings (SSSR count). The molecule has 2 aromatic carbocycles. The number of hydrogen-bond donors (Lipinski definition) is 2. The number of methoxy groups -OCH3 is 1. The SMILES string of the molecule is COCCN(CC(=O)Nc1cccc(C)c1C)C(=O)Cc1c[nH]c2ccccc12. The zero-order chi connectivity index (χ0) is 20.8. The lowest BCUT2D eigenvalue weighted by Crippen LogP contribution is -2.40. The topological polar surface area (TPSA) is 74.4 Å². The molecule has 0 spiro atoms. The first-order valence-corrected chi connectivity index (χ1v) is 9.67. The molecule has 2 amide bonds. The molecule has 6 heteroatoms. The summed E-state index contributed by atoms with van der Waals surface area (Å²) in [7, 11) is 1.58. The maximum absolute atomic E-state index is 12.9. The minimum atomic E-state index is -0.220. The van der Waals surface area contributed by atoms with Gasteiger partial charge in [-0.05, 0) is 42.7 Å². The largest absolute Gasteiger partial charge is 0.383 e. The van der Waals surface area contributed by atoms with E-state index in [1.165, 1.54) is 0 Å². The Hall–Kier alpha value is -3.12. The van der Waals surface area contributed by atoms with E-state index < -0.39 is 0 Å². The second-order valence-corrected chi connectivity index (χ2v) is 7.14. The molecule has 0 fully saturated rings. The molecule has 1 heterocycles. The lowest BCUT2D eigenvalue weighted by molar-refractivity contribution is -0.134. The molecule has 0 bridgehead atoms. The van der Waals surface area contributed by atoms with E-state index in [9.17, 15) is 9.59 Å². The normalized spacial score (nSPS) is 10.9. The molecule has 0 atom stereocenters. The van der Waals surface area contributed by atoms with Gasteiger partial charge in [-0.25, -0.2) is 0 Å². The molecule has 0 aliphatic heterocycles. The van der Waals surface area contributed by atoms with Crippen molar-refractivity contribution in [2.24, 2.45) is 0 Å². The Labute approximate surface area is 170 Å². The zero-order valence-corrected chi connectivity index (χ0v) is 17.1.